The minimum atomic E-state index is -1.47. The lowest BCUT2D eigenvalue weighted by Gasteiger charge is -2.50. The van der Waals surface area contributed by atoms with Crippen molar-refractivity contribution >= 4 is 0 Å². The van der Waals surface area contributed by atoms with Gasteiger partial charge in [-0.2, -0.15) is 0 Å². The number of nitrogens with one attached hydrogen (secondary N) is 1. The number of hydrogen-bond donors (Lipinski definition) is 9. The summed E-state index contributed by atoms with van der Waals surface area (Å²) in [7, 11) is 0. The van der Waals surface area contributed by atoms with Gasteiger partial charge in [0, 0.05) is 17.5 Å². The summed E-state index contributed by atoms with van der Waals surface area (Å²) in [4.78, 5) is 0. The lowest BCUT2D eigenvalue weighted by atomic mass is 9.79. The highest BCUT2D eigenvalue weighted by Crippen LogP contribution is 2.37. The SMILES string of the molecule is C=C(C)NC1[C@H](O)OC(CO)[C@@H](O[C@@H]2OC(CO)[C@H](O)[C@H](C)C2O)[C@@H]1C[C@@H]1OC(C)[C@@H](O)C(O)[C@@H]1O. The van der Waals surface area contributed by atoms with Crippen LogP contribution < -0.4 is 5.32 Å². The molecule has 0 saturated carbocycles. The van der Waals surface area contributed by atoms with Crippen LogP contribution in [0.3, 0.4) is 0 Å². The summed E-state index contributed by atoms with van der Waals surface area (Å²) in [5.41, 5.74) is 0.480. The van der Waals surface area contributed by atoms with Gasteiger partial charge in [0.15, 0.2) is 12.6 Å². The van der Waals surface area contributed by atoms with E-state index in [0.717, 1.165) is 0 Å². The molecule has 3 saturated heterocycles. The van der Waals surface area contributed by atoms with Crippen molar-refractivity contribution in [3.63, 3.8) is 0 Å². The molecule has 0 radical (unpaired) electrons. The maximum absolute atomic E-state index is 10.7. The highest BCUT2D eigenvalue weighted by molar-refractivity contribution is 5.02. The number of allylic oxidation sites excluding steroid dienone is 1. The summed E-state index contributed by atoms with van der Waals surface area (Å²) < 4.78 is 23.1. The van der Waals surface area contributed by atoms with E-state index >= 15 is 0 Å². The quantitative estimate of drug-likeness (QED) is 0.152. The van der Waals surface area contributed by atoms with Gasteiger partial charge in [-0.25, -0.2) is 0 Å². The van der Waals surface area contributed by atoms with Gasteiger partial charge in [0.25, 0.3) is 0 Å². The standard InChI is InChI=1S/C23H41NO12/c1-8(2)24-15-11(5-12-19(30)20(31)18(29)10(4)33-12)21(14(7-26)34-22(15)32)36-23-17(28)9(3)16(27)13(6-25)35-23/h9-32H,1,5-7H2,2-4H3/t9-,10?,11+,12-,13?,14?,15?,16+,17?,18+,19+,20?,21-,22+,23-/m0/s1. The molecular weight excluding hydrogens is 482 g/mol. The summed E-state index contributed by atoms with van der Waals surface area (Å²) in [5.74, 6) is -1.48. The molecule has 0 bridgehead atoms. The van der Waals surface area contributed by atoms with E-state index in [1.54, 1.807) is 20.8 Å². The van der Waals surface area contributed by atoms with Crippen LogP contribution in [-0.2, 0) is 18.9 Å². The van der Waals surface area contributed by atoms with Gasteiger partial charge in [0.1, 0.15) is 36.6 Å². The Balaban J connectivity index is 1.92. The third kappa shape index (κ3) is 6.03. The Bertz CT molecular complexity index is 727. The van der Waals surface area contributed by atoms with E-state index in [1.165, 1.54) is 0 Å². The van der Waals surface area contributed by atoms with E-state index in [-0.39, 0.29) is 6.42 Å². The molecule has 6 unspecified atom stereocenters. The van der Waals surface area contributed by atoms with Crippen molar-refractivity contribution in [2.45, 2.75) is 107 Å². The minimum absolute atomic E-state index is 0.0216. The van der Waals surface area contributed by atoms with Crippen LogP contribution in [0.1, 0.15) is 27.2 Å². The smallest absolute Gasteiger partial charge is 0.184 e. The molecule has 0 aliphatic carbocycles. The fraction of sp³-hybridized carbons (Fsp3) is 0.913. The molecule has 15 atom stereocenters. The Morgan fingerprint density at radius 2 is 1.44 bits per heavy atom. The molecule has 0 amide bonds. The summed E-state index contributed by atoms with van der Waals surface area (Å²) in [6, 6.07) is -0.872. The van der Waals surface area contributed by atoms with E-state index in [1.807, 2.05) is 0 Å². The maximum Gasteiger partial charge on any atom is 0.184 e. The highest BCUT2D eigenvalue weighted by atomic mass is 16.7. The molecule has 36 heavy (non-hydrogen) atoms. The largest absolute Gasteiger partial charge is 0.394 e. The van der Waals surface area contributed by atoms with Crippen molar-refractivity contribution in [1.82, 2.24) is 5.32 Å². The van der Waals surface area contributed by atoms with E-state index in [2.05, 4.69) is 11.9 Å². The molecule has 0 aromatic heterocycles. The zero-order valence-corrected chi connectivity index (χ0v) is 20.7. The number of hydrogen-bond acceptors (Lipinski definition) is 13. The summed E-state index contributed by atoms with van der Waals surface area (Å²) in [6.07, 6.45) is -14.4. The van der Waals surface area contributed by atoms with Crippen LogP contribution in [0.5, 0.6) is 0 Å². The first-order valence-electron chi connectivity index (χ1n) is 12.2. The van der Waals surface area contributed by atoms with Gasteiger partial charge in [-0.15, -0.1) is 0 Å². The van der Waals surface area contributed by atoms with Gasteiger partial charge in [-0.3, -0.25) is 0 Å². The first-order chi connectivity index (χ1) is 16.9. The molecule has 0 spiro atoms. The van der Waals surface area contributed by atoms with Gasteiger partial charge in [-0.05, 0) is 20.3 Å². The van der Waals surface area contributed by atoms with Gasteiger partial charge in [-0.1, -0.05) is 13.5 Å². The van der Waals surface area contributed by atoms with Crippen molar-refractivity contribution in [1.29, 1.82) is 0 Å². The van der Waals surface area contributed by atoms with Crippen molar-refractivity contribution in [3.05, 3.63) is 12.3 Å². The first kappa shape index (κ1) is 29.6. The van der Waals surface area contributed by atoms with Crippen LogP contribution in [0, 0.1) is 11.8 Å². The van der Waals surface area contributed by atoms with Gasteiger partial charge in [0.2, 0.25) is 0 Å². The summed E-state index contributed by atoms with van der Waals surface area (Å²) in [5, 5.41) is 85.4. The lowest BCUT2D eigenvalue weighted by Crippen LogP contribution is -2.65. The maximum atomic E-state index is 10.7. The summed E-state index contributed by atoms with van der Waals surface area (Å²) in [6.45, 7) is 7.49. The molecule has 9 N–H and O–H groups in total. The molecule has 13 nitrogen and oxygen atoms in total. The Morgan fingerprint density at radius 1 is 0.806 bits per heavy atom. The molecule has 210 valence electrons. The third-order valence-electron chi connectivity index (χ3n) is 7.44. The fourth-order valence-electron chi connectivity index (χ4n) is 5.25. The Hall–Kier alpha value is -0.940. The van der Waals surface area contributed by atoms with E-state index in [4.69, 9.17) is 18.9 Å². The molecule has 3 fully saturated rings. The summed E-state index contributed by atoms with van der Waals surface area (Å²) >= 11 is 0. The Labute approximate surface area is 209 Å². The van der Waals surface area contributed by atoms with Crippen LogP contribution in [0.4, 0.5) is 0 Å². The molecular formula is C23H41NO12. The van der Waals surface area contributed by atoms with E-state index in [0.29, 0.717) is 5.70 Å². The molecule has 3 aliphatic heterocycles. The highest BCUT2D eigenvalue weighted by Gasteiger charge is 2.52. The van der Waals surface area contributed by atoms with Crippen molar-refractivity contribution < 1.29 is 59.8 Å². The molecule has 3 rings (SSSR count). The molecule has 3 heterocycles. The van der Waals surface area contributed by atoms with Crippen LogP contribution in [0.25, 0.3) is 0 Å². The van der Waals surface area contributed by atoms with Crippen LogP contribution >= 0.6 is 0 Å². The topological polar surface area (TPSA) is 211 Å². The monoisotopic (exact) mass is 523 g/mol. The zero-order valence-electron chi connectivity index (χ0n) is 20.7. The van der Waals surface area contributed by atoms with Crippen molar-refractivity contribution in [2.24, 2.45) is 11.8 Å². The lowest BCUT2D eigenvalue weighted by molar-refractivity contribution is -0.336. The van der Waals surface area contributed by atoms with Gasteiger partial charge >= 0.3 is 0 Å². The zero-order chi connectivity index (χ0) is 26.9. The van der Waals surface area contributed by atoms with Crippen LogP contribution in [0.15, 0.2) is 12.3 Å². The second-order valence-corrected chi connectivity index (χ2v) is 10.1. The van der Waals surface area contributed by atoms with Crippen LogP contribution in [0.2, 0.25) is 0 Å². The predicted octanol–water partition coefficient (Wildman–Crippen LogP) is -3.48. The second kappa shape index (κ2) is 12.3. The third-order valence-corrected chi connectivity index (χ3v) is 7.44. The fourth-order valence-corrected chi connectivity index (χ4v) is 5.25. The number of aliphatic hydroxyl groups is 8. The number of rotatable bonds is 8. The average Bonchev–Trinajstić information content (AvgIpc) is 2.84. The number of ether oxygens (including phenoxy) is 4. The molecule has 0 aromatic carbocycles. The van der Waals surface area contributed by atoms with Crippen molar-refractivity contribution in [2.75, 3.05) is 13.2 Å². The van der Waals surface area contributed by atoms with Crippen molar-refractivity contribution in [3.8, 4) is 0 Å². The Morgan fingerprint density at radius 3 is 2.03 bits per heavy atom. The average molecular weight is 524 g/mol. The van der Waals surface area contributed by atoms with E-state index < -0.39 is 105 Å². The Kier molecular flexibility index (Phi) is 10.1. The molecule has 3 aliphatic rings. The van der Waals surface area contributed by atoms with Gasteiger partial charge in [0.05, 0.1) is 43.7 Å². The number of aliphatic hydroxyl groups excluding tert-OH is 8. The predicted molar refractivity (Wildman–Crippen MR) is 122 cm³/mol. The molecule has 0 aromatic rings. The second-order valence-electron chi connectivity index (χ2n) is 10.1. The van der Waals surface area contributed by atoms with Gasteiger partial charge < -0.3 is 65.1 Å². The molecule has 13 heteroatoms. The van der Waals surface area contributed by atoms with E-state index in [9.17, 15) is 40.9 Å². The first-order valence-corrected chi connectivity index (χ1v) is 12.2. The minimum Gasteiger partial charge on any atom is -0.394 e. The normalized spacial score (nSPS) is 50.0. The van der Waals surface area contributed by atoms with Crippen LogP contribution in [-0.4, -0.2) is 134 Å².